The fraction of sp³-hybridized carbons (Fsp3) is 0.565. The largest absolute Gasteiger partial charge is 0.508 e. The van der Waals surface area contributed by atoms with E-state index in [2.05, 4.69) is 23.3 Å². The lowest BCUT2D eigenvalue weighted by atomic mass is 10.0. The molecule has 4 atom stereocenters. The number of aliphatic carboxylic acids is 1. The number of amides is 3. The molecule has 1 aliphatic rings. The summed E-state index contributed by atoms with van der Waals surface area (Å²) in [5.74, 6) is -2.47. The maximum atomic E-state index is 13.1. The van der Waals surface area contributed by atoms with E-state index < -0.39 is 47.9 Å². The van der Waals surface area contributed by atoms with Gasteiger partial charge in [-0.1, -0.05) is 26.0 Å². The molecular formula is C23H34N4O6S. The van der Waals surface area contributed by atoms with E-state index in [0.29, 0.717) is 19.4 Å². The minimum Gasteiger partial charge on any atom is -0.508 e. The standard InChI is InChI=1S/C23H34N4O6S/c1-13(2)10-17(23(32)33)25-21(30)19-4-3-9-27(19)22(31)18(12-34)26-20(29)16(24)11-14-5-7-15(28)8-6-14/h5-8,13,16-19,28,34H,3-4,9-12,24H2,1-2H3,(H,25,30)(H,26,29)(H,32,33). The van der Waals surface area contributed by atoms with E-state index in [9.17, 15) is 29.4 Å². The first-order valence-corrected chi connectivity index (χ1v) is 11.9. The predicted molar refractivity (Wildman–Crippen MR) is 129 cm³/mol. The average molecular weight is 495 g/mol. The van der Waals surface area contributed by atoms with Gasteiger partial charge in [-0.25, -0.2) is 4.79 Å². The van der Waals surface area contributed by atoms with Gasteiger partial charge < -0.3 is 31.5 Å². The number of hydrogen-bond acceptors (Lipinski definition) is 7. The maximum Gasteiger partial charge on any atom is 0.326 e. The van der Waals surface area contributed by atoms with Crippen LogP contribution < -0.4 is 16.4 Å². The molecule has 1 fully saturated rings. The Labute approximate surface area is 204 Å². The monoisotopic (exact) mass is 494 g/mol. The number of carbonyl (C=O) groups excluding carboxylic acids is 3. The van der Waals surface area contributed by atoms with Crippen LogP contribution in [-0.4, -0.2) is 75.3 Å². The zero-order chi connectivity index (χ0) is 25.4. The highest BCUT2D eigenvalue weighted by Crippen LogP contribution is 2.20. The number of phenolic OH excluding ortho intramolecular Hbond substituents is 1. The number of aromatic hydroxyl groups is 1. The Balaban J connectivity index is 2.01. The number of benzene rings is 1. The molecule has 0 bridgehead atoms. The fourth-order valence-electron chi connectivity index (χ4n) is 3.91. The summed E-state index contributed by atoms with van der Waals surface area (Å²) >= 11 is 4.19. The number of likely N-dealkylation sites (tertiary alicyclic amines) is 1. The highest BCUT2D eigenvalue weighted by Gasteiger charge is 2.38. The van der Waals surface area contributed by atoms with Crippen molar-refractivity contribution in [1.82, 2.24) is 15.5 Å². The highest BCUT2D eigenvalue weighted by atomic mass is 32.1. The zero-order valence-corrected chi connectivity index (χ0v) is 20.3. The Morgan fingerprint density at radius 1 is 1.15 bits per heavy atom. The number of carbonyl (C=O) groups is 4. The molecule has 0 spiro atoms. The Morgan fingerprint density at radius 2 is 1.79 bits per heavy atom. The number of nitrogens with zero attached hydrogens (tertiary/aromatic N) is 1. The van der Waals surface area contributed by atoms with Crippen molar-refractivity contribution in [2.75, 3.05) is 12.3 Å². The predicted octanol–water partition coefficient (Wildman–Crippen LogP) is 0.283. The third kappa shape index (κ3) is 7.63. The van der Waals surface area contributed by atoms with Gasteiger partial charge in [0.05, 0.1) is 6.04 Å². The number of carboxylic acids is 1. The Kier molecular flexibility index (Phi) is 10.2. The smallest absolute Gasteiger partial charge is 0.326 e. The summed E-state index contributed by atoms with van der Waals surface area (Å²) < 4.78 is 0. The number of nitrogens with one attached hydrogen (secondary N) is 2. The third-order valence-corrected chi connectivity index (χ3v) is 6.05. The van der Waals surface area contributed by atoms with Crippen LogP contribution in [0, 0.1) is 5.92 Å². The van der Waals surface area contributed by atoms with Crippen LogP contribution in [0.1, 0.15) is 38.7 Å². The van der Waals surface area contributed by atoms with E-state index >= 15 is 0 Å². The van der Waals surface area contributed by atoms with Gasteiger partial charge in [0.1, 0.15) is 23.9 Å². The number of phenols is 1. The number of hydrogen-bond donors (Lipinski definition) is 6. The minimum atomic E-state index is -1.12. The van der Waals surface area contributed by atoms with E-state index in [1.807, 2.05) is 13.8 Å². The summed E-state index contributed by atoms with van der Waals surface area (Å²) in [6, 6.07) is 2.53. The van der Waals surface area contributed by atoms with Crippen molar-refractivity contribution in [2.45, 2.75) is 63.7 Å². The molecule has 0 aromatic heterocycles. The molecule has 1 aromatic carbocycles. The van der Waals surface area contributed by atoms with Gasteiger partial charge in [0.15, 0.2) is 0 Å². The van der Waals surface area contributed by atoms with Crippen LogP contribution in [0.15, 0.2) is 24.3 Å². The highest BCUT2D eigenvalue weighted by molar-refractivity contribution is 7.80. The molecule has 2 rings (SSSR count). The number of carboxylic acid groups (broad SMARTS) is 1. The normalized spacial score (nSPS) is 18.3. The van der Waals surface area contributed by atoms with E-state index in [4.69, 9.17) is 5.73 Å². The van der Waals surface area contributed by atoms with Crippen LogP contribution in [0.25, 0.3) is 0 Å². The molecule has 0 radical (unpaired) electrons. The van der Waals surface area contributed by atoms with Crippen LogP contribution >= 0.6 is 12.6 Å². The lowest BCUT2D eigenvalue weighted by Gasteiger charge is -2.29. The first-order chi connectivity index (χ1) is 16.0. The molecule has 188 valence electrons. The Morgan fingerprint density at radius 3 is 2.35 bits per heavy atom. The van der Waals surface area contributed by atoms with Gasteiger partial charge in [0.25, 0.3) is 0 Å². The van der Waals surface area contributed by atoms with Crippen molar-refractivity contribution < 1.29 is 29.4 Å². The quantitative estimate of drug-likeness (QED) is 0.241. The first-order valence-electron chi connectivity index (χ1n) is 11.3. The zero-order valence-electron chi connectivity index (χ0n) is 19.4. The summed E-state index contributed by atoms with van der Waals surface area (Å²) in [5, 5.41) is 23.9. The molecule has 4 unspecified atom stereocenters. The second kappa shape index (κ2) is 12.6. The van der Waals surface area contributed by atoms with Crippen LogP contribution in [-0.2, 0) is 25.6 Å². The SMILES string of the molecule is CC(C)CC(NC(=O)C1CCCN1C(=O)C(CS)NC(=O)C(N)Cc1ccc(O)cc1)C(=O)O. The van der Waals surface area contributed by atoms with Gasteiger partial charge in [-0.15, -0.1) is 0 Å². The van der Waals surface area contributed by atoms with Crippen LogP contribution in [0.2, 0.25) is 0 Å². The summed E-state index contributed by atoms with van der Waals surface area (Å²) in [6.07, 6.45) is 1.47. The first kappa shape index (κ1) is 27.5. The van der Waals surface area contributed by atoms with E-state index in [1.165, 1.54) is 17.0 Å². The van der Waals surface area contributed by atoms with Crippen molar-refractivity contribution in [3.8, 4) is 5.75 Å². The molecule has 1 heterocycles. The third-order valence-electron chi connectivity index (χ3n) is 5.69. The summed E-state index contributed by atoms with van der Waals surface area (Å²) in [6.45, 7) is 4.04. The molecule has 1 saturated heterocycles. The van der Waals surface area contributed by atoms with E-state index in [-0.39, 0.29) is 30.3 Å². The molecular weight excluding hydrogens is 460 g/mol. The fourth-order valence-corrected chi connectivity index (χ4v) is 4.15. The van der Waals surface area contributed by atoms with Gasteiger partial charge in [-0.3, -0.25) is 14.4 Å². The van der Waals surface area contributed by atoms with Gasteiger partial charge in [-0.2, -0.15) is 12.6 Å². The van der Waals surface area contributed by atoms with Crippen LogP contribution in [0.3, 0.4) is 0 Å². The lowest BCUT2D eigenvalue weighted by Crippen LogP contribution is -2.57. The number of nitrogens with two attached hydrogens (primary N) is 1. The Bertz CT molecular complexity index is 879. The van der Waals surface area contributed by atoms with Gasteiger partial charge in [0, 0.05) is 12.3 Å². The summed E-state index contributed by atoms with van der Waals surface area (Å²) in [4.78, 5) is 51.4. The molecule has 0 saturated carbocycles. The second-order valence-corrected chi connectivity index (χ2v) is 9.30. The van der Waals surface area contributed by atoms with E-state index in [1.54, 1.807) is 12.1 Å². The maximum absolute atomic E-state index is 13.1. The van der Waals surface area contributed by atoms with Crippen molar-refractivity contribution in [3.05, 3.63) is 29.8 Å². The van der Waals surface area contributed by atoms with Gasteiger partial charge in [-0.05, 0) is 49.3 Å². The van der Waals surface area contributed by atoms with Crippen molar-refractivity contribution in [1.29, 1.82) is 0 Å². The molecule has 11 heteroatoms. The van der Waals surface area contributed by atoms with E-state index in [0.717, 1.165) is 5.56 Å². The molecule has 1 aliphatic heterocycles. The molecule has 1 aromatic rings. The number of rotatable bonds is 11. The van der Waals surface area contributed by atoms with Gasteiger partial charge >= 0.3 is 5.97 Å². The second-order valence-electron chi connectivity index (χ2n) is 8.94. The molecule has 3 amide bonds. The van der Waals surface area contributed by atoms with Crippen molar-refractivity contribution in [2.24, 2.45) is 11.7 Å². The molecule has 0 aliphatic carbocycles. The summed E-state index contributed by atoms with van der Waals surface area (Å²) in [5.41, 5.74) is 6.75. The van der Waals surface area contributed by atoms with Crippen molar-refractivity contribution in [3.63, 3.8) is 0 Å². The topological polar surface area (TPSA) is 162 Å². The molecule has 34 heavy (non-hydrogen) atoms. The average Bonchev–Trinajstić information content (AvgIpc) is 3.27. The minimum absolute atomic E-state index is 0.00639. The lowest BCUT2D eigenvalue weighted by molar-refractivity contribution is -0.145. The van der Waals surface area contributed by atoms with Crippen LogP contribution in [0.4, 0.5) is 0 Å². The Hall–Kier alpha value is -2.79. The van der Waals surface area contributed by atoms with Crippen LogP contribution in [0.5, 0.6) is 5.75 Å². The molecule has 10 nitrogen and oxygen atoms in total. The van der Waals surface area contributed by atoms with Gasteiger partial charge in [0.2, 0.25) is 17.7 Å². The summed E-state index contributed by atoms with van der Waals surface area (Å²) in [7, 11) is 0. The number of thiol groups is 1. The molecule has 6 N–H and O–H groups in total. The van der Waals surface area contributed by atoms with Crippen molar-refractivity contribution >= 4 is 36.3 Å².